The Kier molecular flexibility index (Phi) is 3.69. The molecular weight excluding hydrogens is 312 g/mol. The van der Waals surface area contributed by atoms with Crippen molar-refractivity contribution in [3.8, 4) is 11.5 Å². The molecule has 1 aromatic carbocycles. The lowest BCUT2D eigenvalue weighted by molar-refractivity contribution is 0.0921. The van der Waals surface area contributed by atoms with Crippen LogP contribution >= 0.6 is 11.3 Å². The second-order valence-corrected chi connectivity index (χ2v) is 7.08. The number of benzene rings is 1. The van der Waals surface area contributed by atoms with E-state index in [1.807, 2.05) is 19.1 Å². The van der Waals surface area contributed by atoms with Gasteiger partial charge in [0.1, 0.15) is 13.2 Å². The van der Waals surface area contributed by atoms with E-state index in [9.17, 15) is 4.79 Å². The number of nitrogens with one attached hydrogen (secondary N) is 1. The number of carbonyl (C=O) groups excluding carboxylic acids is 1. The number of amides is 1. The van der Waals surface area contributed by atoms with Crippen molar-refractivity contribution in [1.82, 2.24) is 10.3 Å². The van der Waals surface area contributed by atoms with Gasteiger partial charge < -0.3 is 14.8 Å². The molecular formula is C17H18N2O3S. The van der Waals surface area contributed by atoms with Crippen LogP contribution in [0.25, 0.3) is 0 Å². The molecule has 0 saturated carbocycles. The number of ether oxygens (including phenoxy) is 2. The molecule has 1 amide bonds. The van der Waals surface area contributed by atoms with Gasteiger partial charge in [0.05, 0.1) is 22.3 Å². The molecule has 0 radical (unpaired) electrons. The van der Waals surface area contributed by atoms with Crippen molar-refractivity contribution in [2.45, 2.75) is 32.2 Å². The average Bonchev–Trinajstić information content (AvgIpc) is 2.95. The fourth-order valence-corrected chi connectivity index (χ4v) is 4.21. The summed E-state index contributed by atoms with van der Waals surface area (Å²) in [6.45, 7) is 3.00. The first-order chi connectivity index (χ1) is 11.2. The molecule has 2 aliphatic rings. The number of fused-ring (bicyclic) bond motifs is 2. The lowest BCUT2D eigenvalue weighted by Crippen LogP contribution is -2.31. The van der Waals surface area contributed by atoms with Crippen LogP contribution < -0.4 is 14.8 Å². The lowest BCUT2D eigenvalue weighted by Gasteiger charge is -2.24. The first-order valence-corrected chi connectivity index (χ1v) is 8.69. The van der Waals surface area contributed by atoms with E-state index >= 15 is 0 Å². The fourth-order valence-electron chi connectivity index (χ4n) is 3.17. The standard InChI is InChI=1S/C17H18N2O3S/c1-10-18-15-12(5-3-7-14(15)23-10)19-17(20)11-4-2-6-13-16(11)22-9-8-21-13/h2,4,6,12H,3,5,7-9H2,1H3,(H,19,20). The van der Waals surface area contributed by atoms with E-state index in [1.165, 1.54) is 4.88 Å². The van der Waals surface area contributed by atoms with Gasteiger partial charge in [-0.3, -0.25) is 4.79 Å². The van der Waals surface area contributed by atoms with Gasteiger partial charge in [-0.05, 0) is 38.3 Å². The van der Waals surface area contributed by atoms with E-state index < -0.39 is 0 Å². The first-order valence-electron chi connectivity index (χ1n) is 7.88. The molecule has 0 spiro atoms. The van der Waals surface area contributed by atoms with Crippen molar-refractivity contribution in [3.05, 3.63) is 39.3 Å². The molecule has 1 N–H and O–H groups in total. The van der Waals surface area contributed by atoms with E-state index in [-0.39, 0.29) is 11.9 Å². The highest BCUT2D eigenvalue weighted by atomic mass is 32.1. The highest BCUT2D eigenvalue weighted by molar-refractivity contribution is 7.11. The van der Waals surface area contributed by atoms with E-state index in [0.29, 0.717) is 30.3 Å². The summed E-state index contributed by atoms with van der Waals surface area (Å²) in [4.78, 5) is 18.6. The summed E-state index contributed by atoms with van der Waals surface area (Å²) in [5.74, 6) is 1.05. The van der Waals surface area contributed by atoms with Gasteiger partial charge in [-0.2, -0.15) is 0 Å². The van der Waals surface area contributed by atoms with Crippen LogP contribution in [-0.4, -0.2) is 24.1 Å². The Morgan fingerprint density at radius 2 is 2.22 bits per heavy atom. The zero-order valence-corrected chi connectivity index (χ0v) is 13.7. The molecule has 6 heteroatoms. The third kappa shape index (κ3) is 2.67. The van der Waals surface area contributed by atoms with Crippen LogP contribution in [0, 0.1) is 6.92 Å². The number of aryl methyl sites for hydroxylation is 2. The zero-order valence-electron chi connectivity index (χ0n) is 12.9. The van der Waals surface area contributed by atoms with Gasteiger partial charge in [0.2, 0.25) is 0 Å². The second-order valence-electron chi connectivity index (χ2n) is 5.79. The van der Waals surface area contributed by atoms with Crippen molar-refractivity contribution in [1.29, 1.82) is 0 Å². The summed E-state index contributed by atoms with van der Waals surface area (Å²) in [6, 6.07) is 5.41. The maximum Gasteiger partial charge on any atom is 0.255 e. The number of para-hydroxylation sites is 1. The number of hydrogen-bond donors (Lipinski definition) is 1. The van der Waals surface area contributed by atoms with E-state index in [4.69, 9.17) is 9.47 Å². The molecule has 1 unspecified atom stereocenters. The predicted octanol–water partition coefficient (Wildman–Crippen LogP) is 3.03. The maximum absolute atomic E-state index is 12.7. The Labute approximate surface area is 138 Å². The van der Waals surface area contributed by atoms with Crippen LogP contribution in [0.2, 0.25) is 0 Å². The largest absolute Gasteiger partial charge is 0.486 e. The van der Waals surface area contributed by atoms with Crippen LogP contribution in [0.1, 0.15) is 44.8 Å². The van der Waals surface area contributed by atoms with Crippen molar-refractivity contribution in [2.24, 2.45) is 0 Å². The minimum Gasteiger partial charge on any atom is -0.486 e. The molecule has 0 fully saturated rings. The van der Waals surface area contributed by atoms with Crippen molar-refractivity contribution < 1.29 is 14.3 Å². The molecule has 23 heavy (non-hydrogen) atoms. The lowest BCUT2D eigenvalue weighted by atomic mass is 9.97. The van der Waals surface area contributed by atoms with Gasteiger partial charge in [0.25, 0.3) is 5.91 Å². The third-order valence-corrected chi connectivity index (χ3v) is 5.22. The molecule has 120 valence electrons. The molecule has 0 bridgehead atoms. The van der Waals surface area contributed by atoms with Gasteiger partial charge >= 0.3 is 0 Å². The summed E-state index contributed by atoms with van der Waals surface area (Å²) in [5.41, 5.74) is 1.57. The normalized spacial score (nSPS) is 19.1. The second kappa shape index (κ2) is 5.85. The van der Waals surface area contributed by atoms with Crippen molar-refractivity contribution in [3.63, 3.8) is 0 Å². The summed E-state index contributed by atoms with van der Waals surface area (Å²) in [7, 11) is 0. The monoisotopic (exact) mass is 330 g/mol. The summed E-state index contributed by atoms with van der Waals surface area (Å²) < 4.78 is 11.2. The minimum absolute atomic E-state index is 0.0171. The van der Waals surface area contributed by atoms with Gasteiger partial charge in [-0.25, -0.2) is 4.98 Å². The van der Waals surface area contributed by atoms with Crippen LogP contribution in [0.3, 0.4) is 0 Å². The highest BCUT2D eigenvalue weighted by Gasteiger charge is 2.27. The molecule has 1 aliphatic carbocycles. The van der Waals surface area contributed by atoms with Crippen LogP contribution in [0.15, 0.2) is 18.2 Å². The van der Waals surface area contributed by atoms with Gasteiger partial charge in [-0.15, -0.1) is 11.3 Å². The van der Waals surface area contributed by atoms with Crippen LogP contribution in [0.5, 0.6) is 11.5 Å². The molecule has 1 aromatic heterocycles. The molecule has 5 nitrogen and oxygen atoms in total. The molecule has 0 saturated heterocycles. The summed E-state index contributed by atoms with van der Waals surface area (Å²) in [5, 5.41) is 4.18. The molecule has 1 atom stereocenters. The quantitative estimate of drug-likeness (QED) is 0.919. The maximum atomic E-state index is 12.7. The Hall–Kier alpha value is -2.08. The smallest absolute Gasteiger partial charge is 0.255 e. The minimum atomic E-state index is -0.129. The van der Waals surface area contributed by atoms with E-state index in [0.717, 1.165) is 30.0 Å². The Bertz CT molecular complexity index is 756. The number of carbonyl (C=O) groups is 1. The topological polar surface area (TPSA) is 60.5 Å². The van der Waals surface area contributed by atoms with Gasteiger partial charge in [-0.1, -0.05) is 6.07 Å². The number of rotatable bonds is 2. The predicted molar refractivity (Wildman–Crippen MR) is 87.4 cm³/mol. The van der Waals surface area contributed by atoms with Crippen molar-refractivity contribution >= 4 is 17.2 Å². The fraction of sp³-hybridized carbons (Fsp3) is 0.412. The number of thiazole rings is 1. The number of nitrogens with zero attached hydrogens (tertiary/aromatic N) is 1. The molecule has 2 heterocycles. The third-order valence-electron chi connectivity index (χ3n) is 4.18. The highest BCUT2D eigenvalue weighted by Crippen LogP contribution is 2.36. The molecule has 4 rings (SSSR count). The van der Waals surface area contributed by atoms with E-state index in [2.05, 4.69) is 10.3 Å². The number of aromatic nitrogens is 1. The zero-order chi connectivity index (χ0) is 15.8. The Morgan fingerprint density at radius 3 is 3.13 bits per heavy atom. The molecule has 1 aliphatic heterocycles. The van der Waals surface area contributed by atoms with Crippen LogP contribution in [-0.2, 0) is 6.42 Å². The average molecular weight is 330 g/mol. The van der Waals surface area contributed by atoms with E-state index in [1.54, 1.807) is 17.4 Å². The SMILES string of the molecule is Cc1nc2c(s1)CCCC2NC(=O)c1cccc2c1OCCO2. The summed E-state index contributed by atoms with van der Waals surface area (Å²) >= 11 is 1.73. The summed E-state index contributed by atoms with van der Waals surface area (Å²) in [6.07, 6.45) is 3.06. The van der Waals surface area contributed by atoms with Gasteiger partial charge in [0.15, 0.2) is 11.5 Å². The van der Waals surface area contributed by atoms with Gasteiger partial charge in [0, 0.05) is 4.88 Å². The van der Waals surface area contributed by atoms with Crippen molar-refractivity contribution in [2.75, 3.05) is 13.2 Å². The first kappa shape index (κ1) is 14.5. The Balaban J connectivity index is 1.60. The molecule has 2 aromatic rings. The number of hydrogen-bond acceptors (Lipinski definition) is 5. The van der Waals surface area contributed by atoms with Crippen LogP contribution in [0.4, 0.5) is 0 Å². The Morgan fingerprint density at radius 1 is 1.35 bits per heavy atom.